The first-order chi connectivity index (χ1) is 7.88. The Morgan fingerprint density at radius 2 is 1.75 bits per heavy atom. The van der Waals surface area contributed by atoms with Crippen LogP contribution in [0.4, 0.5) is 0 Å². The fraction of sp³-hybridized carbons (Fsp3) is 0.167. The minimum Gasteiger partial charge on any atom is -0.486 e. The van der Waals surface area contributed by atoms with E-state index >= 15 is 0 Å². The number of benzene rings is 1. The zero-order valence-corrected chi connectivity index (χ0v) is 8.84. The van der Waals surface area contributed by atoms with Gasteiger partial charge in [-0.15, -0.1) is 0 Å². The molecule has 0 amide bonds. The van der Waals surface area contributed by atoms with E-state index in [1.54, 1.807) is 18.5 Å². The van der Waals surface area contributed by atoms with Crippen LogP contribution >= 0.6 is 0 Å². The molecule has 4 nitrogen and oxygen atoms in total. The summed E-state index contributed by atoms with van der Waals surface area (Å²) in [6, 6.07) is 9.46. The maximum Gasteiger partial charge on any atom is 0.166 e. The third-order valence-electron chi connectivity index (χ3n) is 2.15. The van der Waals surface area contributed by atoms with Crippen LogP contribution < -0.4 is 10.5 Å². The lowest BCUT2D eigenvalue weighted by molar-refractivity contribution is 0.295. The van der Waals surface area contributed by atoms with Crippen LogP contribution in [-0.2, 0) is 13.2 Å². The first-order valence-corrected chi connectivity index (χ1v) is 5.06. The smallest absolute Gasteiger partial charge is 0.166 e. The van der Waals surface area contributed by atoms with E-state index in [2.05, 4.69) is 9.97 Å². The van der Waals surface area contributed by atoms with Crippen molar-refractivity contribution in [2.24, 2.45) is 5.73 Å². The molecular formula is C12H13N3O. The molecule has 0 saturated carbocycles. The van der Waals surface area contributed by atoms with Gasteiger partial charge in [-0.1, -0.05) is 12.1 Å². The summed E-state index contributed by atoms with van der Waals surface area (Å²) in [5.41, 5.74) is 6.59. The Balaban J connectivity index is 1.94. The molecule has 82 valence electrons. The Labute approximate surface area is 94.1 Å². The Hall–Kier alpha value is -1.94. The van der Waals surface area contributed by atoms with Gasteiger partial charge in [-0.3, -0.25) is 0 Å². The normalized spacial score (nSPS) is 10.1. The molecule has 2 N–H and O–H groups in total. The van der Waals surface area contributed by atoms with Gasteiger partial charge in [0.05, 0.1) is 0 Å². The minimum absolute atomic E-state index is 0.378. The molecule has 0 saturated heterocycles. The Morgan fingerprint density at radius 3 is 2.38 bits per heavy atom. The third kappa shape index (κ3) is 2.77. The van der Waals surface area contributed by atoms with Crippen molar-refractivity contribution >= 4 is 0 Å². The first-order valence-electron chi connectivity index (χ1n) is 5.06. The highest BCUT2D eigenvalue weighted by molar-refractivity contribution is 5.27. The van der Waals surface area contributed by atoms with Crippen molar-refractivity contribution in [3.63, 3.8) is 0 Å². The second kappa shape index (κ2) is 5.23. The van der Waals surface area contributed by atoms with Crippen molar-refractivity contribution in [3.05, 3.63) is 54.1 Å². The molecule has 4 heteroatoms. The van der Waals surface area contributed by atoms with E-state index in [0.717, 1.165) is 11.3 Å². The zero-order valence-electron chi connectivity index (χ0n) is 8.84. The van der Waals surface area contributed by atoms with Crippen LogP contribution in [0.5, 0.6) is 5.75 Å². The molecule has 2 aromatic rings. The van der Waals surface area contributed by atoms with Crippen LogP contribution in [0.25, 0.3) is 0 Å². The number of nitrogens with two attached hydrogens (primary N) is 1. The molecule has 16 heavy (non-hydrogen) atoms. The van der Waals surface area contributed by atoms with E-state index in [9.17, 15) is 0 Å². The van der Waals surface area contributed by atoms with E-state index in [1.165, 1.54) is 0 Å². The highest BCUT2D eigenvalue weighted by Crippen LogP contribution is 2.12. The summed E-state index contributed by atoms with van der Waals surface area (Å²) in [6.07, 6.45) is 3.40. The van der Waals surface area contributed by atoms with Crippen molar-refractivity contribution in [3.8, 4) is 5.75 Å². The van der Waals surface area contributed by atoms with Gasteiger partial charge in [0, 0.05) is 18.9 Å². The third-order valence-corrected chi connectivity index (χ3v) is 2.15. The van der Waals surface area contributed by atoms with E-state index in [1.807, 2.05) is 24.3 Å². The number of rotatable bonds is 4. The summed E-state index contributed by atoms with van der Waals surface area (Å²) in [4.78, 5) is 8.14. The van der Waals surface area contributed by atoms with Crippen molar-refractivity contribution < 1.29 is 4.74 Å². The van der Waals surface area contributed by atoms with E-state index in [0.29, 0.717) is 19.0 Å². The van der Waals surface area contributed by atoms with Gasteiger partial charge in [0.25, 0.3) is 0 Å². The average Bonchev–Trinajstić information content (AvgIpc) is 2.38. The highest BCUT2D eigenvalue weighted by atomic mass is 16.5. The molecule has 0 aliphatic rings. The van der Waals surface area contributed by atoms with Crippen molar-refractivity contribution in [2.45, 2.75) is 13.2 Å². The summed E-state index contributed by atoms with van der Waals surface area (Å²) < 4.78 is 5.53. The van der Waals surface area contributed by atoms with Crippen LogP contribution in [0, 0.1) is 0 Å². The van der Waals surface area contributed by atoms with Crippen LogP contribution in [-0.4, -0.2) is 9.97 Å². The Kier molecular flexibility index (Phi) is 3.46. The fourth-order valence-corrected chi connectivity index (χ4v) is 1.27. The molecule has 0 spiro atoms. The molecule has 2 rings (SSSR count). The minimum atomic E-state index is 0.378. The molecule has 1 heterocycles. The predicted octanol–water partition coefficient (Wildman–Crippen LogP) is 1.51. The Morgan fingerprint density at radius 1 is 1.06 bits per heavy atom. The lowest BCUT2D eigenvalue weighted by atomic mass is 10.2. The van der Waals surface area contributed by atoms with Gasteiger partial charge in [0.1, 0.15) is 12.4 Å². The van der Waals surface area contributed by atoms with Gasteiger partial charge in [0.2, 0.25) is 0 Å². The summed E-state index contributed by atoms with van der Waals surface area (Å²) >= 11 is 0. The van der Waals surface area contributed by atoms with Gasteiger partial charge in [-0.2, -0.15) is 0 Å². The van der Waals surface area contributed by atoms with Crippen molar-refractivity contribution in [1.82, 2.24) is 9.97 Å². The lowest BCUT2D eigenvalue weighted by Gasteiger charge is -2.05. The molecule has 0 radical (unpaired) electrons. The molecule has 0 aliphatic carbocycles. The van der Waals surface area contributed by atoms with E-state index in [4.69, 9.17) is 10.5 Å². The second-order valence-corrected chi connectivity index (χ2v) is 3.30. The molecule has 0 bridgehead atoms. The quantitative estimate of drug-likeness (QED) is 0.839. The number of hydrogen-bond acceptors (Lipinski definition) is 4. The standard InChI is InChI=1S/C12H13N3O/c13-8-10-2-4-11(5-3-10)16-9-12-14-6-1-7-15-12/h1-7H,8-9,13H2. The van der Waals surface area contributed by atoms with E-state index in [-0.39, 0.29) is 0 Å². The fourth-order valence-electron chi connectivity index (χ4n) is 1.27. The van der Waals surface area contributed by atoms with Gasteiger partial charge >= 0.3 is 0 Å². The van der Waals surface area contributed by atoms with Crippen LogP contribution in [0.2, 0.25) is 0 Å². The zero-order chi connectivity index (χ0) is 11.2. The predicted molar refractivity (Wildman–Crippen MR) is 60.7 cm³/mol. The van der Waals surface area contributed by atoms with Gasteiger partial charge in [0.15, 0.2) is 5.82 Å². The molecular weight excluding hydrogens is 202 g/mol. The molecule has 0 atom stereocenters. The summed E-state index contributed by atoms with van der Waals surface area (Å²) in [6.45, 7) is 0.922. The van der Waals surface area contributed by atoms with Crippen LogP contribution in [0.15, 0.2) is 42.7 Å². The molecule has 0 fully saturated rings. The largest absolute Gasteiger partial charge is 0.486 e. The first kappa shape index (κ1) is 10.6. The summed E-state index contributed by atoms with van der Waals surface area (Å²) in [7, 11) is 0. The Bertz CT molecular complexity index is 428. The lowest BCUT2D eigenvalue weighted by Crippen LogP contribution is -2.01. The average molecular weight is 215 g/mol. The van der Waals surface area contributed by atoms with Gasteiger partial charge < -0.3 is 10.5 Å². The second-order valence-electron chi connectivity index (χ2n) is 3.30. The molecule has 1 aromatic heterocycles. The maximum absolute atomic E-state index is 5.53. The van der Waals surface area contributed by atoms with Crippen molar-refractivity contribution in [2.75, 3.05) is 0 Å². The summed E-state index contributed by atoms with van der Waals surface area (Å²) in [5.74, 6) is 1.47. The number of nitrogens with zero attached hydrogens (tertiary/aromatic N) is 2. The van der Waals surface area contributed by atoms with E-state index < -0.39 is 0 Å². The molecule has 0 unspecified atom stereocenters. The number of ether oxygens (including phenoxy) is 1. The molecule has 0 aliphatic heterocycles. The van der Waals surface area contributed by atoms with Crippen LogP contribution in [0.3, 0.4) is 0 Å². The summed E-state index contributed by atoms with van der Waals surface area (Å²) in [5, 5.41) is 0. The number of aromatic nitrogens is 2. The van der Waals surface area contributed by atoms with Gasteiger partial charge in [-0.05, 0) is 23.8 Å². The van der Waals surface area contributed by atoms with Crippen molar-refractivity contribution in [1.29, 1.82) is 0 Å². The topological polar surface area (TPSA) is 61.0 Å². The number of hydrogen-bond donors (Lipinski definition) is 1. The monoisotopic (exact) mass is 215 g/mol. The molecule has 1 aromatic carbocycles. The maximum atomic E-state index is 5.53. The van der Waals surface area contributed by atoms with Crippen LogP contribution in [0.1, 0.15) is 11.4 Å². The van der Waals surface area contributed by atoms with Gasteiger partial charge in [-0.25, -0.2) is 9.97 Å². The highest BCUT2D eigenvalue weighted by Gasteiger charge is 1.97. The SMILES string of the molecule is NCc1ccc(OCc2ncccn2)cc1.